The van der Waals surface area contributed by atoms with Gasteiger partial charge in [-0.15, -0.1) is 5.54 Å². The molecule has 4 unspecified atom stereocenters. The fourth-order valence-electron chi connectivity index (χ4n) is 4.67. The molecule has 0 aromatic heterocycles. The van der Waals surface area contributed by atoms with Crippen molar-refractivity contribution >= 4 is 9.52 Å². The van der Waals surface area contributed by atoms with Crippen molar-refractivity contribution in [2.45, 2.75) is 65.1 Å². The predicted molar refractivity (Wildman–Crippen MR) is 125 cm³/mol. The van der Waals surface area contributed by atoms with E-state index in [2.05, 4.69) is 50.0 Å². The van der Waals surface area contributed by atoms with Crippen molar-refractivity contribution in [2.24, 2.45) is 17.8 Å². The van der Waals surface area contributed by atoms with Crippen LogP contribution in [0, 0.1) is 40.0 Å². The number of likely N-dealkylation sites (tertiary alicyclic amines) is 1. The number of fused-ring (bicyclic) bond motifs is 1. The molecule has 1 saturated carbocycles. The van der Waals surface area contributed by atoms with E-state index in [9.17, 15) is 0 Å². The van der Waals surface area contributed by atoms with Crippen LogP contribution >= 0.6 is 0 Å². The second-order valence-electron chi connectivity index (χ2n) is 8.43. The van der Waals surface area contributed by atoms with Crippen LogP contribution in [-0.2, 0) is 21.7 Å². The SMILES string of the molecule is C.CC(C)(C)[N-]C[SiH2]CC1CC(N2CCCC2)C2C=CC=CC12.[CH3-].[CH3-].[CH3-].[Ti+4]. The van der Waals surface area contributed by atoms with Gasteiger partial charge in [-0.2, -0.15) is 6.17 Å². The zero-order valence-corrected chi connectivity index (χ0v) is 21.1. The van der Waals surface area contributed by atoms with Crippen molar-refractivity contribution in [3.63, 3.8) is 0 Å². The Balaban J connectivity index is -0.00000115. The Morgan fingerprint density at radius 3 is 2.11 bits per heavy atom. The Kier molecular flexibility index (Phi) is 17.0. The van der Waals surface area contributed by atoms with Crippen molar-refractivity contribution < 1.29 is 21.7 Å². The summed E-state index contributed by atoms with van der Waals surface area (Å²) in [5.41, 5.74) is 0.163. The molecule has 0 spiro atoms. The summed E-state index contributed by atoms with van der Waals surface area (Å²) < 4.78 is 0. The van der Waals surface area contributed by atoms with Crippen molar-refractivity contribution in [3.8, 4) is 0 Å². The molecule has 0 aromatic rings. The summed E-state index contributed by atoms with van der Waals surface area (Å²) in [4.78, 5) is 2.79. The van der Waals surface area contributed by atoms with Crippen LogP contribution in [0.5, 0.6) is 0 Å². The maximum absolute atomic E-state index is 4.84. The predicted octanol–water partition coefficient (Wildman–Crippen LogP) is 5.53. The molecule has 2 aliphatic carbocycles. The molecule has 156 valence electrons. The van der Waals surface area contributed by atoms with E-state index < -0.39 is 0 Å². The van der Waals surface area contributed by atoms with Crippen LogP contribution in [-0.4, -0.2) is 45.3 Å². The molecule has 1 saturated heterocycles. The molecule has 3 aliphatic rings. The largest absolute Gasteiger partial charge is 4.00 e. The van der Waals surface area contributed by atoms with E-state index >= 15 is 0 Å². The van der Waals surface area contributed by atoms with Gasteiger partial charge >= 0.3 is 21.7 Å². The van der Waals surface area contributed by atoms with Gasteiger partial charge in [0, 0.05) is 6.04 Å². The minimum Gasteiger partial charge on any atom is -0.660 e. The van der Waals surface area contributed by atoms with E-state index in [0.717, 1.165) is 23.8 Å². The Morgan fingerprint density at radius 2 is 1.56 bits per heavy atom. The van der Waals surface area contributed by atoms with Crippen LogP contribution in [0.1, 0.15) is 47.5 Å². The Bertz CT molecular complexity index is 425. The summed E-state index contributed by atoms with van der Waals surface area (Å²) in [5.74, 6) is 2.54. The maximum Gasteiger partial charge on any atom is 4.00 e. The number of nitrogens with zero attached hydrogens (tertiary/aromatic N) is 2. The van der Waals surface area contributed by atoms with Crippen molar-refractivity contribution in [1.29, 1.82) is 0 Å². The van der Waals surface area contributed by atoms with E-state index in [4.69, 9.17) is 5.32 Å². The Hall–Kier alpha value is 0.331. The maximum atomic E-state index is 4.84. The summed E-state index contributed by atoms with van der Waals surface area (Å²) in [6, 6.07) is 2.32. The van der Waals surface area contributed by atoms with Crippen molar-refractivity contribution in [1.82, 2.24) is 4.90 Å². The molecule has 4 heteroatoms. The van der Waals surface area contributed by atoms with Gasteiger partial charge in [0.1, 0.15) is 0 Å². The van der Waals surface area contributed by atoms with Crippen LogP contribution in [0.25, 0.3) is 5.32 Å². The van der Waals surface area contributed by atoms with E-state index in [1.54, 1.807) is 0 Å². The molecule has 1 aliphatic heterocycles. The molecule has 0 bridgehead atoms. The zero-order valence-electron chi connectivity index (χ0n) is 18.2. The molecule has 27 heavy (non-hydrogen) atoms. The number of allylic oxidation sites excluding steroid dienone is 3. The van der Waals surface area contributed by atoms with Crippen LogP contribution < -0.4 is 0 Å². The van der Waals surface area contributed by atoms with Gasteiger partial charge in [0.2, 0.25) is 0 Å². The fourth-order valence-corrected chi connectivity index (χ4v) is 6.82. The smallest absolute Gasteiger partial charge is 0.660 e. The first-order valence-electron chi connectivity index (χ1n) is 9.32. The summed E-state index contributed by atoms with van der Waals surface area (Å²) >= 11 is 0. The second kappa shape index (κ2) is 14.3. The third kappa shape index (κ3) is 8.70. The average Bonchev–Trinajstić information content (AvgIpc) is 3.10. The van der Waals surface area contributed by atoms with E-state index in [1.807, 2.05) is 0 Å². The number of hydrogen-bond donors (Lipinski definition) is 0. The number of hydrogen-bond acceptors (Lipinski definition) is 1. The molecule has 2 nitrogen and oxygen atoms in total. The third-order valence-electron chi connectivity index (χ3n) is 5.68. The molecule has 2 fully saturated rings. The van der Waals surface area contributed by atoms with Crippen LogP contribution in [0.3, 0.4) is 0 Å². The van der Waals surface area contributed by atoms with E-state index in [1.165, 1.54) is 44.6 Å². The summed E-state index contributed by atoms with van der Waals surface area (Å²) in [5, 5.41) is 4.84. The molecule has 0 radical (unpaired) electrons. The zero-order chi connectivity index (χ0) is 15.6. The summed E-state index contributed by atoms with van der Waals surface area (Å²) in [6.07, 6.45) is 15.0. The van der Waals surface area contributed by atoms with E-state index in [0.29, 0.717) is 0 Å². The van der Waals surface area contributed by atoms with Crippen LogP contribution in [0.4, 0.5) is 0 Å². The van der Waals surface area contributed by atoms with Gasteiger partial charge in [0.05, 0.1) is 0 Å². The number of rotatable bonds is 5. The first-order valence-corrected chi connectivity index (χ1v) is 11.3. The van der Waals surface area contributed by atoms with Gasteiger partial charge < -0.3 is 27.6 Å². The molecule has 1 heterocycles. The monoisotopic (exact) mass is 426 g/mol. The fraction of sp³-hybridized carbons (Fsp3) is 0.696. The minimum atomic E-state index is -0.0326. The minimum absolute atomic E-state index is 0. The van der Waals surface area contributed by atoms with Crippen molar-refractivity contribution in [3.05, 3.63) is 51.9 Å². The average molecular weight is 427 g/mol. The van der Waals surface area contributed by atoms with Gasteiger partial charge in [0.15, 0.2) is 0 Å². The van der Waals surface area contributed by atoms with Gasteiger partial charge in [-0.05, 0) is 59.6 Å². The van der Waals surface area contributed by atoms with Crippen LogP contribution in [0.2, 0.25) is 6.04 Å². The molecule has 0 aromatic carbocycles. The van der Waals surface area contributed by atoms with E-state index in [-0.39, 0.29) is 66.5 Å². The molecule has 4 atom stereocenters. The molecule has 3 rings (SSSR count). The molecule has 0 amide bonds. The van der Waals surface area contributed by atoms with Crippen molar-refractivity contribution in [2.75, 3.05) is 19.3 Å². The van der Waals surface area contributed by atoms with Gasteiger partial charge in [-0.3, -0.25) is 4.90 Å². The van der Waals surface area contributed by atoms with Gasteiger partial charge in [0.25, 0.3) is 0 Å². The second-order valence-corrected chi connectivity index (χ2v) is 10.2. The first kappa shape index (κ1) is 32.0. The van der Waals surface area contributed by atoms with Crippen LogP contribution in [0.15, 0.2) is 24.3 Å². The first-order chi connectivity index (χ1) is 10.5. The molecular weight excluding hydrogens is 380 g/mol. The Morgan fingerprint density at radius 1 is 1.00 bits per heavy atom. The molecular formula is C23H46N2SiTi. The standard InChI is InChI=1S/C19H33N2Si.CH4.3CH3.Ti/c1-19(2,3)20-14-22-13-15-12-18(21-10-6-7-11-21)17-9-5-4-8-16(15)17;;;;;/h4-5,8-9,15-18H,6-7,10-14,22H2,1-3H3;1H4;3*1H3;/q-1;;3*-1;+4. The summed E-state index contributed by atoms with van der Waals surface area (Å²) in [6.45, 7) is 9.37. The van der Waals surface area contributed by atoms with Gasteiger partial charge in [-0.25, -0.2) is 0 Å². The topological polar surface area (TPSA) is 17.3 Å². The third-order valence-corrected chi connectivity index (χ3v) is 7.37. The van der Waals surface area contributed by atoms with Gasteiger partial charge in [-0.1, -0.05) is 58.5 Å². The Labute approximate surface area is 189 Å². The normalized spacial score (nSPS) is 29.1. The summed E-state index contributed by atoms with van der Waals surface area (Å²) in [7, 11) is -0.0326. The quantitative estimate of drug-likeness (QED) is 0.321. The molecule has 0 N–H and O–H groups in total.